The Morgan fingerprint density at radius 2 is 2.17 bits per heavy atom. The number of methoxy groups -OCH3 is 1. The molecule has 1 saturated heterocycles. The highest BCUT2D eigenvalue weighted by molar-refractivity contribution is 7.99. The lowest BCUT2D eigenvalue weighted by Crippen LogP contribution is -2.50. The van der Waals surface area contributed by atoms with Gasteiger partial charge in [-0.05, 0) is 6.92 Å². The van der Waals surface area contributed by atoms with Gasteiger partial charge >= 0.3 is 18.0 Å². The molecule has 8 heteroatoms. The number of rotatable bonds is 4. The molecule has 18 heavy (non-hydrogen) atoms. The Balaban J connectivity index is 2.71. The molecule has 7 nitrogen and oxygen atoms in total. The Morgan fingerprint density at radius 3 is 2.67 bits per heavy atom. The quantitative estimate of drug-likeness (QED) is 0.731. The number of amides is 2. The van der Waals surface area contributed by atoms with Crippen molar-refractivity contribution in [2.75, 3.05) is 31.8 Å². The SMILES string of the molecule is CCN(CC(=O)OC)C(=O)N1CSCC1C(=O)O. The molecule has 2 amide bonds. The van der Waals surface area contributed by atoms with E-state index in [1.165, 1.54) is 28.7 Å². The van der Waals surface area contributed by atoms with Crippen LogP contribution in [0.3, 0.4) is 0 Å². The summed E-state index contributed by atoms with van der Waals surface area (Å²) >= 11 is 1.38. The van der Waals surface area contributed by atoms with Crippen LogP contribution in [-0.2, 0) is 14.3 Å². The molecular formula is C10H16N2O5S. The van der Waals surface area contributed by atoms with Crippen LogP contribution >= 0.6 is 11.8 Å². The maximum Gasteiger partial charge on any atom is 0.327 e. The van der Waals surface area contributed by atoms with E-state index >= 15 is 0 Å². The first-order chi connectivity index (χ1) is 8.51. The van der Waals surface area contributed by atoms with E-state index < -0.39 is 24.0 Å². The zero-order chi connectivity index (χ0) is 13.7. The van der Waals surface area contributed by atoms with E-state index in [-0.39, 0.29) is 6.54 Å². The molecule has 1 unspecified atom stereocenters. The molecule has 0 spiro atoms. The molecule has 0 aliphatic carbocycles. The lowest BCUT2D eigenvalue weighted by atomic mass is 10.3. The molecule has 0 saturated carbocycles. The van der Waals surface area contributed by atoms with Crippen LogP contribution in [0, 0.1) is 0 Å². The van der Waals surface area contributed by atoms with Crippen LogP contribution in [0.4, 0.5) is 4.79 Å². The summed E-state index contributed by atoms with van der Waals surface area (Å²) in [5, 5.41) is 9.00. The molecule has 1 aliphatic heterocycles. The highest BCUT2D eigenvalue weighted by Crippen LogP contribution is 2.22. The molecule has 0 bridgehead atoms. The first-order valence-electron chi connectivity index (χ1n) is 5.44. The number of aliphatic carboxylic acids is 1. The largest absolute Gasteiger partial charge is 0.480 e. The third-order valence-corrected chi connectivity index (χ3v) is 3.63. The molecule has 0 aromatic carbocycles. The number of nitrogens with zero attached hydrogens (tertiary/aromatic N) is 2. The lowest BCUT2D eigenvalue weighted by molar-refractivity contribution is -0.141. The number of likely N-dealkylation sites (N-methyl/N-ethyl adjacent to an activating group) is 1. The summed E-state index contributed by atoms with van der Waals surface area (Å²) in [5.74, 6) is -0.851. The second kappa shape index (κ2) is 6.48. The van der Waals surface area contributed by atoms with Crippen LogP contribution in [0.25, 0.3) is 0 Å². The number of hydrogen-bond acceptors (Lipinski definition) is 5. The van der Waals surface area contributed by atoms with Crippen molar-refractivity contribution in [2.45, 2.75) is 13.0 Å². The second-order valence-corrected chi connectivity index (χ2v) is 4.70. The van der Waals surface area contributed by atoms with E-state index in [0.29, 0.717) is 18.2 Å². The van der Waals surface area contributed by atoms with Gasteiger partial charge in [-0.3, -0.25) is 4.79 Å². The third-order valence-electron chi connectivity index (χ3n) is 2.61. The number of hydrogen-bond donors (Lipinski definition) is 1. The Kier molecular flexibility index (Phi) is 5.26. The molecule has 1 N–H and O–H groups in total. The normalized spacial score (nSPS) is 18.6. The van der Waals surface area contributed by atoms with Gasteiger partial charge in [-0.15, -0.1) is 11.8 Å². The van der Waals surface area contributed by atoms with Crippen LogP contribution in [0.15, 0.2) is 0 Å². The number of esters is 1. The third kappa shape index (κ3) is 3.28. The summed E-state index contributed by atoms with van der Waals surface area (Å²) in [6, 6.07) is -1.27. The number of thioether (sulfide) groups is 1. The van der Waals surface area contributed by atoms with Crippen molar-refractivity contribution in [3.63, 3.8) is 0 Å². The maximum atomic E-state index is 12.1. The fraction of sp³-hybridized carbons (Fsp3) is 0.700. The van der Waals surface area contributed by atoms with Crippen LogP contribution in [0.2, 0.25) is 0 Å². The van der Waals surface area contributed by atoms with Gasteiger partial charge in [-0.1, -0.05) is 0 Å². The first-order valence-corrected chi connectivity index (χ1v) is 6.59. The monoisotopic (exact) mass is 276 g/mol. The van der Waals surface area contributed by atoms with E-state index in [1.54, 1.807) is 6.92 Å². The number of carboxylic acids is 1. The summed E-state index contributed by atoms with van der Waals surface area (Å²) in [6.07, 6.45) is 0. The molecular weight excluding hydrogens is 260 g/mol. The van der Waals surface area contributed by atoms with Crippen LogP contribution < -0.4 is 0 Å². The number of ether oxygens (including phenoxy) is 1. The number of carboxylic acid groups (broad SMARTS) is 1. The average molecular weight is 276 g/mol. The first kappa shape index (κ1) is 14.6. The number of urea groups is 1. The minimum atomic E-state index is -1.03. The molecule has 1 atom stereocenters. The van der Waals surface area contributed by atoms with E-state index in [4.69, 9.17) is 5.11 Å². The van der Waals surface area contributed by atoms with Gasteiger partial charge in [0, 0.05) is 12.3 Å². The van der Waals surface area contributed by atoms with Crippen molar-refractivity contribution < 1.29 is 24.2 Å². The lowest BCUT2D eigenvalue weighted by Gasteiger charge is -2.28. The zero-order valence-electron chi connectivity index (χ0n) is 10.3. The van der Waals surface area contributed by atoms with Crippen molar-refractivity contribution in [2.24, 2.45) is 0 Å². The summed E-state index contributed by atoms with van der Waals surface area (Å²) in [4.78, 5) is 36.8. The smallest absolute Gasteiger partial charge is 0.327 e. The predicted octanol–water partition coefficient (Wildman–Crippen LogP) is 0.0608. The predicted molar refractivity (Wildman–Crippen MR) is 65.2 cm³/mol. The molecule has 1 rings (SSSR count). The van der Waals surface area contributed by atoms with Crippen molar-refractivity contribution >= 4 is 29.7 Å². The molecule has 1 aliphatic rings. The van der Waals surface area contributed by atoms with Gasteiger partial charge in [0.15, 0.2) is 0 Å². The van der Waals surface area contributed by atoms with Gasteiger partial charge in [-0.2, -0.15) is 0 Å². The second-order valence-electron chi connectivity index (χ2n) is 3.70. The van der Waals surface area contributed by atoms with Crippen molar-refractivity contribution in [1.29, 1.82) is 0 Å². The molecule has 0 aromatic rings. The van der Waals surface area contributed by atoms with Gasteiger partial charge in [0.25, 0.3) is 0 Å². The van der Waals surface area contributed by atoms with E-state index in [0.717, 1.165) is 0 Å². The number of carbonyl (C=O) groups is 3. The fourth-order valence-electron chi connectivity index (χ4n) is 1.55. The van der Waals surface area contributed by atoms with Gasteiger partial charge in [0.05, 0.1) is 13.0 Å². The van der Waals surface area contributed by atoms with Crippen LogP contribution in [0.1, 0.15) is 6.92 Å². The fourth-order valence-corrected chi connectivity index (χ4v) is 2.69. The Labute approximate surface area is 109 Å². The Bertz CT molecular complexity index is 349. The maximum absolute atomic E-state index is 12.1. The number of carbonyl (C=O) groups excluding carboxylic acids is 2. The van der Waals surface area contributed by atoms with Crippen molar-refractivity contribution in [1.82, 2.24) is 9.80 Å². The standard InChI is InChI=1S/C10H16N2O5S/c1-3-11(4-8(13)17-2)10(16)12-6-18-5-7(12)9(14)15/h7H,3-6H2,1-2H3,(H,14,15). The van der Waals surface area contributed by atoms with Crippen molar-refractivity contribution in [3.05, 3.63) is 0 Å². The van der Waals surface area contributed by atoms with E-state index in [2.05, 4.69) is 4.74 Å². The van der Waals surface area contributed by atoms with Gasteiger partial charge in [0.2, 0.25) is 0 Å². The molecule has 0 aromatic heterocycles. The summed E-state index contributed by atoms with van der Waals surface area (Å²) in [7, 11) is 1.24. The molecule has 0 radical (unpaired) electrons. The summed E-state index contributed by atoms with van der Waals surface area (Å²) < 4.78 is 4.50. The van der Waals surface area contributed by atoms with E-state index in [1.807, 2.05) is 0 Å². The van der Waals surface area contributed by atoms with E-state index in [9.17, 15) is 14.4 Å². The molecule has 1 fully saturated rings. The molecule has 1 heterocycles. The highest BCUT2D eigenvalue weighted by Gasteiger charge is 2.36. The minimum Gasteiger partial charge on any atom is -0.480 e. The van der Waals surface area contributed by atoms with Crippen molar-refractivity contribution in [3.8, 4) is 0 Å². The minimum absolute atomic E-state index is 0.167. The van der Waals surface area contributed by atoms with Gasteiger partial charge < -0.3 is 19.6 Å². The topological polar surface area (TPSA) is 87.2 Å². The average Bonchev–Trinajstić information content (AvgIpc) is 2.83. The summed E-state index contributed by atoms with van der Waals surface area (Å²) in [5.41, 5.74) is 0. The highest BCUT2D eigenvalue weighted by atomic mass is 32.2. The van der Waals surface area contributed by atoms with Crippen LogP contribution in [0.5, 0.6) is 0 Å². The summed E-state index contributed by atoms with van der Waals surface area (Å²) in [6.45, 7) is 1.88. The van der Waals surface area contributed by atoms with Crippen LogP contribution in [-0.4, -0.2) is 70.7 Å². The molecule has 102 valence electrons. The van der Waals surface area contributed by atoms with Gasteiger partial charge in [0.1, 0.15) is 12.6 Å². The Hall–Kier alpha value is -1.44. The Morgan fingerprint density at radius 1 is 1.50 bits per heavy atom. The van der Waals surface area contributed by atoms with Gasteiger partial charge in [-0.25, -0.2) is 9.59 Å². The zero-order valence-corrected chi connectivity index (χ0v) is 11.1.